The van der Waals surface area contributed by atoms with E-state index in [9.17, 15) is 9.59 Å². The summed E-state index contributed by atoms with van der Waals surface area (Å²) in [6, 6.07) is 8.26. The summed E-state index contributed by atoms with van der Waals surface area (Å²) in [5.41, 5.74) is 0.937. The molecule has 0 radical (unpaired) electrons. The highest BCUT2D eigenvalue weighted by atomic mass is 16.5. The Labute approximate surface area is 124 Å². The number of carbonyl (C=O) groups excluding carboxylic acids is 1. The van der Waals surface area contributed by atoms with Gasteiger partial charge in [-0.25, -0.2) is 9.59 Å². The zero-order chi connectivity index (χ0) is 15.5. The third-order valence-corrected chi connectivity index (χ3v) is 2.72. The van der Waals surface area contributed by atoms with Crippen molar-refractivity contribution in [2.45, 2.75) is 32.4 Å². The van der Waals surface area contributed by atoms with Crippen molar-refractivity contribution in [1.29, 1.82) is 0 Å². The Morgan fingerprint density at radius 3 is 2.62 bits per heavy atom. The first-order valence-electron chi connectivity index (χ1n) is 6.91. The van der Waals surface area contributed by atoms with Crippen molar-refractivity contribution in [3.63, 3.8) is 0 Å². The number of hydrogen-bond acceptors (Lipinski definition) is 4. The molecule has 1 amide bonds. The third-order valence-electron chi connectivity index (χ3n) is 2.72. The number of amides is 1. The van der Waals surface area contributed by atoms with Crippen LogP contribution in [0, 0.1) is 0 Å². The molecule has 0 saturated carbocycles. The van der Waals surface area contributed by atoms with E-state index in [4.69, 9.17) is 14.6 Å². The second kappa shape index (κ2) is 9.77. The van der Waals surface area contributed by atoms with Crippen molar-refractivity contribution in [3.8, 4) is 0 Å². The zero-order valence-corrected chi connectivity index (χ0v) is 12.1. The Balaban J connectivity index is 2.32. The first kappa shape index (κ1) is 17.0. The predicted molar refractivity (Wildman–Crippen MR) is 76.9 cm³/mol. The molecule has 0 aliphatic carbocycles. The molecule has 0 fully saturated rings. The van der Waals surface area contributed by atoms with Crippen molar-refractivity contribution in [2.75, 3.05) is 13.2 Å². The predicted octanol–water partition coefficient (Wildman–Crippen LogP) is 2.18. The van der Waals surface area contributed by atoms with Gasteiger partial charge in [-0.2, -0.15) is 0 Å². The average Bonchev–Trinajstić information content (AvgIpc) is 2.47. The maximum atomic E-state index is 11.4. The molecule has 0 saturated heterocycles. The Morgan fingerprint density at radius 2 is 2.00 bits per heavy atom. The summed E-state index contributed by atoms with van der Waals surface area (Å²) >= 11 is 0. The second-order valence-corrected chi connectivity index (χ2v) is 4.53. The van der Waals surface area contributed by atoms with E-state index in [1.54, 1.807) is 0 Å². The van der Waals surface area contributed by atoms with Crippen LogP contribution in [0.3, 0.4) is 0 Å². The van der Waals surface area contributed by atoms with E-state index in [0.29, 0.717) is 0 Å². The number of alkyl carbamates (subject to hydrolysis) is 1. The first-order valence-corrected chi connectivity index (χ1v) is 6.91. The smallest absolute Gasteiger partial charge is 0.407 e. The Hall–Kier alpha value is -2.08. The van der Waals surface area contributed by atoms with Gasteiger partial charge in [0.1, 0.15) is 0 Å². The van der Waals surface area contributed by atoms with Gasteiger partial charge in [-0.15, -0.1) is 0 Å². The second-order valence-electron chi connectivity index (χ2n) is 4.53. The quantitative estimate of drug-likeness (QED) is 0.682. The number of hydrogen-bond donors (Lipinski definition) is 2. The lowest BCUT2D eigenvalue weighted by atomic mass is 10.2. The summed E-state index contributed by atoms with van der Waals surface area (Å²) in [4.78, 5) is 22.5. The summed E-state index contributed by atoms with van der Waals surface area (Å²) in [5, 5.41) is 11.3. The van der Waals surface area contributed by atoms with E-state index >= 15 is 0 Å². The van der Waals surface area contributed by atoms with Crippen molar-refractivity contribution in [2.24, 2.45) is 0 Å². The molecule has 21 heavy (non-hydrogen) atoms. The molecule has 1 aromatic carbocycles. The highest BCUT2D eigenvalue weighted by Crippen LogP contribution is 2.01. The fourth-order valence-corrected chi connectivity index (χ4v) is 1.54. The van der Waals surface area contributed by atoms with E-state index in [-0.39, 0.29) is 19.8 Å². The lowest BCUT2D eigenvalue weighted by molar-refractivity contribution is -0.141. The van der Waals surface area contributed by atoms with E-state index in [2.05, 4.69) is 5.32 Å². The van der Waals surface area contributed by atoms with Crippen molar-refractivity contribution in [1.82, 2.24) is 5.32 Å². The van der Waals surface area contributed by atoms with Crippen LogP contribution in [-0.4, -0.2) is 36.4 Å². The third kappa shape index (κ3) is 7.31. The topological polar surface area (TPSA) is 84.9 Å². The minimum absolute atomic E-state index is 0.118. The lowest BCUT2D eigenvalue weighted by Gasteiger charge is -2.14. The molecule has 6 heteroatoms. The molecular formula is C15H21NO5. The Kier molecular flexibility index (Phi) is 7.89. The molecule has 0 aliphatic heterocycles. The van der Waals surface area contributed by atoms with Gasteiger partial charge in [-0.05, 0) is 12.0 Å². The molecule has 6 nitrogen and oxygen atoms in total. The largest absolute Gasteiger partial charge is 0.480 e. The number of carboxylic acids is 1. The number of unbranched alkanes of at least 4 members (excludes halogenated alkanes) is 1. The summed E-state index contributed by atoms with van der Waals surface area (Å²) in [6.07, 6.45) is 0.907. The molecule has 0 aliphatic rings. The standard InChI is InChI=1S/C15H21NO5/c1-2-3-9-21-15(19)16-13(14(17)18)11-20-10-12-7-5-4-6-8-12/h4-8,13H,2-3,9-11H2,1H3,(H,16,19)(H,17,18)/t13-/m0/s1. The molecule has 2 N–H and O–H groups in total. The Morgan fingerprint density at radius 1 is 1.29 bits per heavy atom. The molecule has 0 aromatic heterocycles. The van der Waals surface area contributed by atoms with Gasteiger partial charge in [0.15, 0.2) is 6.04 Å². The van der Waals surface area contributed by atoms with Crippen molar-refractivity contribution < 1.29 is 24.2 Å². The highest BCUT2D eigenvalue weighted by Gasteiger charge is 2.20. The van der Waals surface area contributed by atoms with Gasteiger partial charge in [0.2, 0.25) is 0 Å². The van der Waals surface area contributed by atoms with Crippen molar-refractivity contribution >= 4 is 12.1 Å². The van der Waals surface area contributed by atoms with Gasteiger partial charge < -0.3 is 19.9 Å². The number of benzene rings is 1. The van der Waals surface area contributed by atoms with Gasteiger partial charge in [-0.3, -0.25) is 0 Å². The minimum atomic E-state index is -1.16. The van der Waals surface area contributed by atoms with E-state index in [1.807, 2.05) is 37.3 Å². The van der Waals surface area contributed by atoms with Crippen LogP contribution in [0.25, 0.3) is 0 Å². The van der Waals surface area contributed by atoms with Gasteiger partial charge >= 0.3 is 12.1 Å². The molecule has 0 unspecified atom stereocenters. The summed E-state index contributed by atoms with van der Waals surface area (Å²) in [7, 11) is 0. The van der Waals surface area contributed by atoms with Crippen LogP contribution >= 0.6 is 0 Å². The lowest BCUT2D eigenvalue weighted by Crippen LogP contribution is -2.44. The van der Waals surface area contributed by atoms with Crippen molar-refractivity contribution in [3.05, 3.63) is 35.9 Å². The maximum Gasteiger partial charge on any atom is 0.407 e. The van der Waals surface area contributed by atoms with Gasteiger partial charge in [-0.1, -0.05) is 43.7 Å². The van der Waals surface area contributed by atoms with Crippen LogP contribution in [0.15, 0.2) is 30.3 Å². The van der Waals surface area contributed by atoms with E-state index in [1.165, 1.54) is 0 Å². The molecule has 0 spiro atoms. The molecule has 116 valence electrons. The van der Waals surface area contributed by atoms with Crippen LogP contribution in [0.1, 0.15) is 25.3 Å². The number of carboxylic acid groups (broad SMARTS) is 1. The first-order chi connectivity index (χ1) is 10.1. The molecular weight excluding hydrogens is 274 g/mol. The average molecular weight is 295 g/mol. The molecule has 1 rings (SSSR count). The number of nitrogens with one attached hydrogen (secondary N) is 1. The van der Waals surface area contributed by atoms with Crippen LogP contribution in [0.5, 0.6) is 0 Å². The molecule has 1 aromatic rings. The SMILES string of the molecule is CCCCOC(=O)N[C@@H](COCc1ccccc1)C(=O)O. The van der Waals surface area contributed by atoms with Gasteiger partial charge in [0.25, 0.3) is 0 Å². The molecule has 1 atom stereocenters. The fourth-order valence-electron chi connectivity index (χ4n) is 1.54. The maximum absolute atomic E-state index is 11.4. The zero-order valence-electron chi connectivity index (χ0n) is 12.1. The number of carbonyl (C=O) groups is 2. The van der Waals surface area contributed by atoms with Gasteiger partial charge in [0.05, 0.1) is 19.8 Å². The van der Waals surface area contributed by atoms with E-state index in [0.717, 1.165) is 18.4 Å². The number of aliphatic carboxylic acids is 1. The normalized spacial score (nSPS) is 11.7. The summed E-state index contributed by atoms with van der Waals surface area (Å²) in [5.74, 6) is -1.16. The van der Waals surface area contributed by atoms with Crippen LogP contribution < -0.4 is 5.32 Å². The fraction of sp³-hybridized carbons (Fsp3) is 0.467. The monoisotopic (exact) mass is 295 g/mol. The number of rotatable bonds is 9. The van der Waals surface area contributed by atoms with Crippen LogP contribution in [0.2, 0.25) is 0 Å². The number of ether oxygens (including phenoxy) is 2. The Bertz CT molecular complexity index is 435. The van der Waals surface area contributed by atoms with E-state index < -0.39 is 18.1 Å². The van der Waals surface area contributed by atoms with Crippen LogP contribution in [0.4, 0.5) is 4.79 Å². The molecule has 0 heterocycles. The summed E-state index contributed by atoms with van der Waals surface area (Å²) in [6.45, 7) is 2.42. The molecule has 0 bridgehead atoms. The van der Waals surface area contributed by atoms with Crippen LogP contribution in [-0.2, 0) is 20.9 Å². The highest BCUT2D eigenvalue weighted by molar-refractivity contribution is 5.79. The summed E-state index contributed by atoms with van der Waals surface area (Å²) < 4.78 is 10.2. The van der Waals surface area contributed by atoms with Gasteiger partial charge in [0, 0.05) is 0 Å². The minimum Gasteiger partial charge on any atom is -0.480 e.